The minimum absolute atomic E-state index is 0.0399. The van der Waals surface area contributed by atoms with Gasteiger partial charge in [0.2, 0.25) is 5.82 Å². The first-order chi connectivity index (χ1) is 8.80. The predicted octanol–water partition coefficient (Wildman–Crippen LogP) is 0.791. The van der Waals surface area contributed by atoms with Gasteiger partial charge in [0.05, 0.1) is 0 Å². The SMILES string of the molecule is CC(C)(C)c1nc(C(=O)N2CCC[C@@H]2C(=O)O)n[nH]1. The highest BCUT2D eigenvalue weighted by Gasteiger charge is 2.36. The molecule has 1 aromatic heterocycles. The van der Waals surface area contributed by atoms with Crippen LogP contribution >= 0.6 is 0 Å². The van der Waals surface area contributed by atoms with Gasteiger partial charge in [-0.3, -0.25) is 9.89 Å². The molecule has 1 aliphatic heterocycles. The molecule has 1 saturated heterocycles. The Bertz CT molecular complexity index is 503. The number of H-pyrrole nitrogens is 1. The van der Waals surface area contributed by atoms with E-state index in [9.17, 15) is 9.59 Å². The standard InChI is InChI=1S/C12H18N4O3/c1-12(2,3)11-13-8(14-15-11)9(17)16-6-4-5-7(16)10(18)19/h7H,4-6H2,1-3H3,(H,18,19)(H,13,14,15)/t7-/m1/s1. The fourth-order valence-electron chi connectivity index (χ4n) is 2.09. The lowest BCUT2D eigenvalue weighted by Gasteiger charge is -2.19. The van der Waals surface area contributed by atoms with Crippen LogP contribution in [0.2, 0.25) is 0 Å². The Hall–Kier alpha value is -1.92. The number of hydrogen-bond donors (Lipinski definition) is 2. The van der Waals surface area contributed by atoms with E-state index < -0.39 is 17.9 Å². The summed E-state index contributed by atoms with van der Waals surface area (Å²) in [6, 6.07) is -0.760. The number of hydrogen-bond acceptors (Lipinski definition) is 4. The van der Waals surface area contributed by atoms with E-state index in [1.165, 1.54) is 4.90 Å². The van der Waals surface area contributed by atoms with Crippen LogP contribution < -0.4 is 0 Å². The fraction of sp³-hybridized carbons (Fsp3) is 0.667. The van der Waals surface area contributed by atoms with Gasteiger partial charge in [0.1, 0.15) is 11.9 Å². The smallest absolute Gasteiger partial charge is 0.326 e. The van der Waals surface area contributed by atoms with Gasteiger partial charge in [-0.25, -0.2) is 9.78 Å². The van der Waals surface area contributed by atoms with E-state index in [0.717, 1.165) is 0 Å². The lowest BCUT2D eigenvalue weighted by molar-refractivity contribution is -0.141. The van der Waals surface area contributed by atoms with E-state index in [1.807, 2.05) is 20.8 Å². The molecular weight excluding hydrogens is 248 g/mol. The highest BCUT2D eigenvalue weighted by Crippen LogP contribution is 2.21. The summed E-state index contributed by atoms with van der Waals surface area (Å²) in [7, 11) is 0. The molecule has 1 fully saturated rings. The normalized spacial score (nSPS) is 19.7. The number of carboxylic acid groups (broad SMARTS) is 1. The number of aliphatic carboxylic acids is 1. The molecule has 1 aromatic rings. The molecule has 19 heavy (non-hydrogen) atoms. The molecule has 1 atom stereocenters. The van der Waals surface area contributed by atoms with Crippen molar-refractivity contribution in [2.24, 2.45) is 0 Å². The van der Waals surface area contributed by atoms with Gasteiger partial charge in [-0.15, -0.1) is 5.10 Å². The van der Waals surface area contributed by atoms with Gasteiger partial charge in [-0.1, -0.05) is 20.8 Å². The summed E-state index contributed by atoms with van der Waals surface area (Å²) in [5.41, 5.74) is -0.233. The Balaban J connectivity index is 2.20. The summed E-state index contributed by atoms with van der Waals surface area (Å²) in [4.78, 5) is 28.8. The van der Waals surface area contributed by atoms with Crippen LogP contribution in [0.15, 0.2) is 0 Å². The minimum atomic E-state index is -0.975. The van der Waals surface area contributed by atoms with Crippen molar-refractivity contribution in [3.8, 4) is 0 Å². The van der Waals surface area contributed by atoms with E-state index >= 15 is 0 Å². The lowest BCUT2D eigenvalue weighted by Crippen LogP contribution is -2.40. The summed E-state index contributed by atoms with van der Waals surface area (Å²) >= 11 is 0. The summed E-state index contributed by atoms with van der Waals surface area (Å²) in [6.07, 6.45) is 1.18. The molecule has 0 bridgehead atoms. The molecule has 2 heterocycles. The molecular formula is C12H18N4O3. The van der Waals surface area contributed by atoms with E-state index in [4.69, 9.17) is 5.11 Å². The van der Waals surface area contributed by atoms with Gasteiger partial charge < -0.3 is 10.0 Å². The van der Waals surface area contributed by atoms with E-state index in [0.29, 0.717) is 25.2 Å². The first-order valence-electron chi connectivity index (χ1n) is 6.27. The zero-order chi connectivity index (χ0) is 14.2. The second-order valence-electron chi connectivity index (χ2n) is 5.75. The number of carbonyl (C=O) groups is 2. The number of aromatic amines is 1. The Morgan fingerprint density at radius 3 is 2.63 bits per heavy atom. The molecule has 0 saturated carbocycles. The summed E-state index contributed by atoms with van der Waals surface area (Å²) in [5, 5.41) is 15.7. The second kappa shape index (κ2) is 4.64. The third-order valence-corrected chi connectivity index (χ3v) is 3.19. The Labute approximate surface area is 111 Å². The van der Waals surface area contributed by atoms with Crippen LogP contribution in [0, 0.1) is 0 Å². The fourth-order valence-corrected chi connectivity index (χ4v) is 2.09. The molecule has 1 aliphatic rings. The average molecular weight is 266 g/mol. The predicted molar refractivity (Wildman–Crippen MR) is 66.8 cm³/mol. The van der Waals surface area contributed by atoms with Crippen molar-refractivity contribution in [2.75, 3.05) is 6.54 Å². The Morgan fingerprint density at radius 2 is 2.11 bits per heavy atom. The van der Waals surface area contributed by atoms with Crippen LogP contribution in [-0.2, 0) is 10.2 Å². The lowest BCUT2D eigenvalue weighted by atomic mass is 9.96. The molecule has 0 aromatic carbocycles. The molecule has 0 aliphatic carbocycles. The molecule has 7 heteroatoms. The summed E-state index contributed by atoms with van der Waals surface area (Å²) in [5.74, 6) is -0.742. The van der Waals surface area contributed by atoms with Crippen LogP contribution in [-0.4, -0.2) is 49.7 Å². The molecule has 2 rings (SSSR count). The minimum Gasteiger partial charge on any atom is -0.480 e. The number of amides is 1. The quantitative estimate of drug-likeness (QED) is 0.824. The second-order valence-corrected chi connectivity index (χ2v) is 5.75. The van der Waals surface area contributed by atoms with Crippen molar-refractivity contribution < 1.29 is 14.7 Å². The van der Waals surface area contributed by atoms with Crippen LogP contribution in [0.3, 0.4) is 0 Å². The van der Waals surface area contributed by atoms with Gasteiger partial charge >= 0.3 is 5.97 Å². The monoisotopic (exact) mass is 266 g/mol. The number of nitrogens with zero attached hydrogens (tertiary/aromatic N) is 3. The number of carboxylic acids is 1. The van der Waals surface area contributed by atoms with Crippen LogP contribution in [0.4, 0.5) is 0 Å². The number of aromatic nitrogens is 3. The highest BCUT2D eigenvalue weighted by atomic mass is 16.4. The van der Waals surface area contributed by atoms with Crippen LogP contribution in [0.1, 0.15) is 50.1 Å². The zero-order valence-electron chi connectivity index (χ0n) is 11.3. The Morgan fingerprint density at radius 1 is 1.42 bits per heavy atom. The van der Waals surface area contributed by atoms with E-state index in [1.54, 1.807) is 0 Å². The first-order valence-corrected chi connectivity index (χ1v) is 6.27. The van der Waals surface area contributed by atoms with Crippen molar-refractivity contribution in [3.05, 3.63) is 11.6 Å². The molecule has 0 unspecified atom stereocenters. The molecule has 7 nitrogen and oxygen atoms in total. The first kappa shape index (κ1) is 13.5. The van der Waals surface area contributed by atoms with Crippen molar-refractivity contribution in [3.63, 3.8) is 0 Å². The highest BCUT2D eigenvalue weighted by molar-refractivity contribution is 5.93. The number of likely N-dealkylation sites (tertiary alicyclic amines) is 1. The maximum Gasteiger partial charge on any atom is 0.326 e. The Kier molecular flexibility index (Phi) is 3.30. The van der Waals surface area contributed by atoms with Crippen LogP contribution in [0.5, 0.6) is 0 Å². The summed E-state index contributed by atoms with van der Waals surface area (Å²) in [6.45, 7) is 6.31. The maximum atomic E-state index is 12.2. The van der Waals surface area contributed by atoms with E-state index in [2.05, 4.69) is 15.2 Å². The molecule has 104 valence electrons. The zero-order valence-corrected chi connectivity index (χ0v) is 11.3. The van der Waals surface area contributed by atoms with Crippen molar-refractivity contribution >= 4 is 11.9 Å². The number of rotatable bonds is 2. The largest absolute Gasteiger partial charge is 0.480 e. The van der Waals surface area contributed by atoms with Crippen molar-refractivity contribution in [1.82, 2.24) is 20.1 Å². The average Bonchev–Trinajstić information content (AvgIpc) is 2.96. The molecule has 0 spiro atoms. The van der Waals surface area contributed by atoms with Crippen molar-refractivity contribution in [2.45, 2.75) is 45.1 Å². The maximum absolute atomic E-state index is 12.2. The third kappa shape index (κ3) is 2.59. The van der Waals surface area contributed by atoms with Gasteiger partial charge in [0.15, 0.2) is 0 Å². The number of carbonyl (C=O) groups excluding carboxylic acids is 1. The number of nitrogens with one attached hydrogen (secondary N) is 1. The van der Waals surface area contributed by atoms with Crippen LogP contribution in [0.25, 0.3) is 0 Å². The molecule has 2 N–H and O–H groups in total. The van der Waals surface area contributed by atoms with Crippen molar-refractivity contribution in [1.29, 1.82) is 0 Å². The van der Waals surface area contributed by atoms with E-state index in [-0.39, 0.29) is 11.2 Å². The summed E-state index contributed by atoms with van der Waals surface area (Å²) < 4.78 is 0. The molecule has 0 radical (unpaired) electrons. The molecule has 1 amide bonds. The van der Waals surface area contributed by atoms with Gasteiger partial charge in [-0.05, 0) is 12.8 Å². The van der Waals surface area contributed by atoms with Gasteiger partial charge in [0.25, 0.3) is 5.91 Å². The van der Waals surface area contributed by atoms with Gasteiger partial charge in [0, 0.05) is 12.0 Å². The van der Waals surface area contributed by atoms with Gasteiger partial charge in [-0.2, -0.15) is 0 Å². The third-order valence-electron chi connectivity index (χ3n) is 3.19. The topological polar surface area (TPSA) is 99.2 Å².